The highest BCUT2D eigenvalue weighted by Crippen LogP contribution is 2.68. The summed E-state index contributed by atoms with van der Waals surface area (Å²) < 4.78 is 36.6. The van der Waals surface area contributed by atoms with Crippen LogP contribution in [0.25, 0.3) is 0 Å². The Morgan fingerprint density at radius 1 is 0.732 bits per heavy atom. The molecule has 9 atom stereocenters. The molecule has 0 N–H and O–H groups in total. The van der Waals surface area contributed by atoms with Crippen molar-refractivity contribution in [1.29, 1.82) is 0 Å². The topological polar surface area (TPSA) is 141 Å². The number of esters is 5. The Morgan fingerprint density at radius 2 is 1.27 bits per heavy atom. The molecule has 11 heteroatoms. The Hall–Kier alpha value is -3.47. The van der Waals surface area contributed by atoms with Crippen LogP contribution in [0.1, 0.15) is 72.2 Å². The molecule has 0 radical (unpaired) electrons. The number of fused-ring (bicyclic) bond motifs is 1. The predicted molar refractivity (Wildman–Crippen MR) is 141 cm³/mol. The van der Waals surface area contributed by atoms with Gasteiger partial charge in [-0.25, -0.2) is 4.79 Å². The van der Waals surface area contributed by atoms with Crippen molar-refractivity contribution in [3.63, 3.8) is 0 Å². The van der Waals surface area contributed by atoms with E-state index in [4.69, 9.17) is 28.4 Å². The SMILES string of the molecule is CC(=O)O[C@@H]1C2[C@@H](OC(C)=O)[C@]3(OC2(C)C)[C@H](C)C[C@@H](OC(C)=O)[C@H](OC(C)=O)[C@]3(C)[C@@H]1OC(=O)c1ccccc1. The van der Waals surface area contributed by atoms with E-state index in [1.807, 2.05) is 6.92 Å². The molecule has 0 aromatic heterocycles. The fourth-order valence-corrected chi connectivity index (χ4v) is 7.57. The Bertz CT molecular complexity index is 1230. The summed E-state index contributed by atoms with van der Waals surface area (Å²) in [4.78, 5) is 63.5. The van der Waals surface area contributed by atoms with Crippen molar-refractivity contribution >= 4 is 29.8 Å². The molecular weight excluding hydrogens is 536 g/mol. The summed E-state index contributed by atoms with van der Waals surface area (Å²) in [5.74, 6) is -4.51. The average Bonchev–Trinajstić information content (AvgIpc) is 3.05. The van der Waals surface area contributed by atoms with Gasteiger partial charge in [0.1, 0.15) is 23.9 Å². The fraction of sp³-hybridized carbons (Fsp3) is 0.633. The van der Waals surface area contributed by atoms with Gasteiger partial charge in [-0.05, 0) is 45.2 Å². The summed E-state index contributed by atoms with van der Waals surface area (Å²) in [5.41, 5.74) is -3.79. The highest BCUT2D eigenvalue weighted by atomic mass is 16.6. The molecule has 3 fully saturated rings. The van der Waals surface area contributed by atoms with Gasteiger partial charge in [-0.3, -0.25) is 19.2 Å². The summed E-state index contributed by atoms with van der Waals surface area (Å²) in [6.07, 6.45) is -5.49. The number of rotatable bonds is 6. The number of ether oxygens (including phenoxy) is 6. The van der Waals surface area contributed by atoms with E-state index < -0.39 is 88.8 Å². The minimum atomic E-state index is -1.55. The first-order chi connectivity index (χ1) is 19.1. The summed E-state index contributed by atoms with van der Waals surface area (Å²) in [6.45, 7) is 12.0. The maximum absolute atomic E-state index is 13.6. The van der Waals surface area contributed by atoms with Gasteiger partial charge in [0.25, 0.3) is 0 Å². The van der Waals surface area contributed by atoms with E-state index in [0.29, 0.717) is 0 Å². The molecule has 1 unspecified atom stereocenters. The third kappa shape index (κ3) is 4.98. The second-order valence-corrected chi connectivity index (χ2v) is 11.9. The van der Waals surface area contributed by atoms with Gasteiger partial charge in [-0.15, -0.1) is 0 Å². The van der Waals surface area contributed by atoms with E-state index in [0.717, 1.165) is 0 Å². The number of carbonyl (C=O) groups is 5. The van der Waals surface area contributed by atoms with Gasteiger partial charge < -0.3 is 28.4 Å². The number of hydrogen-bond acceptors (Lipinski definition) is 11. The first-order valence-electron chi connectivity index (χ1n) is 13.7. The van der Waals surface area contributed by atoms with Gasteiger partial charge in [0, 0.05) is 27.7 Å². The smallest absolute Gasteiger partial charge is 0.338 e. The third-order valence-corrected chi connectivity index (χ3v) is 8.76. The minimum Gasteiger partial charge on any atom is -0.459 e. The second-order valence-electron chi connectivity index (χ2n) is 11.9. The van der Waals surface area contributed by atoms with Crippen LogP contribution in [0.4, 0.5) is 0 Å². The van der Waals surface area contributed by atoms with Crippen molar-refractivity contribution in [2.75, 3.05) is 0 Å². The van der Waals surface area contributed by atoms with Crippen LogP contribution in [0.3, 0.4) is 0 Å². The van der Waals surface area contributed by atoms with Crippen molar-refractivity contribution < 1.29 is 52.4 Å². The molecule has 224 valence electrons. The Balaban J connectivity index is 2.02. The summed E-state index contributed by atoms with van der Waals surface area (Å²) in [6, 6.07) is 8.26. The molecule has 1 heterocycles. The molecule has 1 aliphatic heterocycles. The molecule has 1 aromatic rings. The van der Waals surface area contributed by atoms with Crippen LogP contribution in [0.2, 0.25) is 0 Å². The van der Waals surface area contributed by atoms with Crippen molar-refractivity contribution in [3.8, 4) is 0 Å². The minimum absolute atomic E-state index is 0.186. The van der Waals surface area contributed by atoms with E-state index in [2.05, 4.69) is 0 Å². The Kier molecular flexibility index (Phi) is 7.99. The quantitative estimate of drug-likeness (QED) is 0.365. The molecule has 3 aliphatic rings. The Labute approximate surface area is 239 Å². The van der Waals surface area contributed by atoms with Crippen molar-refractivity contribution in [3.05, 3.63) is 35.9 Å². The van der Waals surface area contributed by atoms with Crippen LogP contribution >= 0.6 is 0 Å². The predicted octanol–water partition coefficient (Wildman–Crippen LogP) is 3.16. The molecule has 0 amide bonds. The van der Waals surface area contributed by atoms with Gasteiger partial charge in [0.05, 0.1) is 22.5 Å². The highest BCUT2D eigenvalue weighted by Gasteiger charge is 2.83. The average molecular weight is 575 g/mol. The lowest BCUT2D eigenvalue weighted by atomic mass is 9.47. The van der Waals surface area contributed by atoms with Crippen LogP contribution in [0.15, 0.2) is 30.3 Å². The van der Waals surface area contributed by atoms with Crippen molar-refractivity contribution in [1.82, 2.24) is 0 Å². The van der Waals surface area contributed by atoms with Gasteiger partial charge in [0.2, 0.25) is 0 Å². The van der Waals surface area contributed by atoms with Crippen LogP contribution in [0.5, 0.6) is 0 Å². The van der Waals surface area contributed by atoms with E-state index >= 15 is 0 Å². The molecule has 1 saturated heterocycles. The Morgan fingerprint density at radius 3 is 1.80 bits per heavy atom. The van der Waals surface area contributed by atoms with Crippen LogP contribution < -0.4 is 0 Å². The number of carbonyl (C=O) groups excluding carboxylic acids is 5. The van der Waals surface area contributed by atoms with Crippen molar-refractivity contribution in [2.45, 2.75) is 104 Å². The standard InChI is InChI=1S/C30H38O11/c1-15-14-21(36-16(2)31)24(38-18(4)33)29(8)26(40-27(35)20-12-10-9-11-13-20)23(37-17(3)32)22-25(39-19(5)34)30(15,29)41-28(22,6)7/h9-13,15,21-26H,14H2,1-8H3/t15-,21-,22?,23-,24+,25-,26-,29-,30-/m1/s1. The molecule has 2 aliphatic carbocycles. The molecule has 11 nitrogen and oxygen atoms in total. The first kappa shape index (κ1) is 30.5. The van der Waals surface area contributed by atoms with Gasteiger partial charge in [-0.1, -0.05) is 25.1 Å². The van der Waals surface area contributed by atoms with Crippen LogP contribution in [-0.4, -0.2) is 71.6 Å². The molecule has 4 rings (SSSR count). The summed E-state index contributed by atoms with van der Waals surface area (Å²) in [7, 11) is 0. The second kappa shape index (κ2) is 10.7. The van der Waals surface area contributed by atoms with Crippen molar-refractivity contribution in [2.24, 2.45) is 17.3 Å². The maximum atomic E-state index is 13.6. The monoisotopic (exact) mass is 574 g/mol. The van der Waals surface area contributed by atoms with Crippen LogP contribution in [0, 0.1) is 17.3 Å². The third-order valence-electron chi connectivity index (χ3n) is 8.76. The number of hydrogen-bond donors (Lipinski definition) is 0. The van der Waals surface area contributed by atoms with E-state index in [-0.39, 0.29) is 12.0 Å². The molecule has 41 heavy (non-hydrogen) atoms. The summed E-state index contributed by atoms with van der Waals surface area (Å²) >= 11 is 0. The van der Waals surface area contributed by atoms with Crippen LogP contribution in [-0.2, 0) is 47.6 Å². The molecule has 1 spiro atoms. The van der Waals surface area contributed by atoms with Gasteiger partial charge >= 0.3 is 29.8 Å². The molecular formula is C30H38O11. The summed E-state index contributed by atoms with van der Waals surface area (Å²) in [5, 5.41) is 0. The lowest BCUT2D eigenvalue weighted by Crippen LogP contribution is -2.79. The van der Waals surface area contributed by atoms with Gasteiger partial charge in [-0.2, -0.15) is 0 Å². The fourth-order valence-electron chi connectivity index (χ4n) is 7.57. The highest BCUT2D eigenvalue weighted by molar-refractivity contribution is 5.89. The molecule has 2 saturated carbocycles. The first-order valence-corrected chi connectivity index (χ1v) is 13.7. The zero-order valence-corrected chi connectivity index (χ0v) is 24.6. The zero-order chi connectivity index (χ0) is 30.5. The van der Waals surface area contributed by atoms with E-state index in [1.165, 1.54) is 27.7 Å². The van der Waals surface area contributed by atoms with Gasteiger partial charge in [0.15, 0.2) is 12.2 Å². The lowest BCUT2D eigenvalue weighted by molar-refractivity contribution is -0.315. The number of benzene rings is 1. The maximum Gasteiger partial charge on any atom is 0.338 e. The zero-order valence-electron chi connectivity index (χ0n) is 24.6. The van der Waals surface area contributed by atoms with E-state index in [9.17, 15) is 24.0 Å². The molecule has 1 aromatic carbocycles. The largest absolute Gasteiger partial charge is 0.459 e. The lowest BCUT2D eigenvalue weighted by Gasteiger charge is -2.63. The molecule has 2 bridgehead atoms. The van der Waals surface area contributed by atoms with E-state index in [1.54, 1.807) is 51.1 Å². The normalized spacial score (nSPS) is 36.7.